The first-order valence-corrected chi connectivity index (χ1v) is 7.67. The van der Waals surface area contributed by atoms with Crippen LogP contribution in [-0.2, 0) is 11.2 Å². The van der Waals surface area contributed by atoms with E-state index in [1.165, 1.54) is 6.07 Å². The van der Waals surface area contributed by atoms with Gasteiger partial charge in [-0.25, -0.2) is 4.79 Å². The molecule has 0 heterocycles. The summed E-state index contributed by atoms with van der Waals surface area (Å²) in [6.07, 6.45) is 0.319. The van der Waals surface area contributed by atoms with E-state index in [0.717, 1.165) is 5.56 Å². The van der Waals surface area contributed by atoms with Crippen LogP contribution in [0.25, 0.3) is 0 Å². The van der Waals surface area contributed by atoms with Crippen molar-refractivity contribution in [1.29, 1.82) is 0 Å². The maximum absolute atomic E-state index is 12.2. The molecule has 130 valence electrons. The zero-order valence-electron chi connectivity index (χ0n) is 13.4. The predicted molar refractivity (Wildman–Crippen MR) is 93.3 cm³/mol. The molecule has 2 aromatic rings. The van der Waals surface area contributed by atoms with Gasteiger partial charge in [0, 0.05) is 17.8 Å². The van der Waals surface area contributed by atoms with E-state index in [4.69, 9.17) is 5.73 Å². The van der Waals surface area contributed by atoms with Crippen molar-refractivity contribution in [3.05, 3.63) is 65.7 Å². The molecule has 0 bridgehead atoms. The van der Waals surface area contributed by atoms with Gasteiger partial charge in [-0.15, -0.1) is 0 Å². The molecule has 7 heteroatoms. The highest BCUT2D eigenvalue weighted by molar-refractivity contribution is 5.96. The number of anilines is 1. The molecular formula is C18H19N3O4. The van der Waals surface area contributed by atoms with Gasteiger partial charge in [-0.3, -0.25) is 9.59 Å². The molecule has 25 heavy (non-hydrogen) atoms. The Bertz CT molecular complexity index is 762. The van der Waals surface area contributed by atoms with Crippen molar-refractivity contribution in [2.45, 2.75) is 6.42 Å². The molecule has 1 unspecified atom stereocenters. The fraction of sp³-hybridized carbons (Fsp3) is 0.167. The summed E-state index contributed by atoms with van der Waals surface area (Å²) in [6, 6.07) is 14.7. The van der Waals surface area contributed by atoms with Crippen LogP contribution in [0.2, 0.25) is 0 Å². The van der Waals surface area contributed by atoms with E-state index in [1.54, 1.807) is 18.2 Å². The van der Waals surface area contributed by atoms with Crippen molar-refractivity contribution in [2.24, 2.45) is 11.7 Å². The maximum atomic E-state index is 12.2. The van der Waals surface area contributed by atoms with Gasteiger partial charge < -0.3 is 21.5 Å². The number of amides is 3. The number of carboxylic acid groups (broad SMARTS) is 1. The molecule has 0 spiro atoms. The number of carbonyl (C=O) groups excluding carboxylic acids is 2. The van der Waals surface area contributed by atoms with Crippen LogP contribution in [0.1, 0.15) is 15.9 Å². The third kappa shape index (κ3) is 5.65. The van der Waals surface area contributed by atoms with Crippen LogP contribution < -0.4 is 16.4 Å². The molecule has 2 rings (SSSR count). The Labute approximate surface area is 144 Å². The predicted octanol–water partition coefficient (Wildman–Crippen LogP) is 1.85. The molecule has 0 fully saturated rings. The van der Waals surface area contributed by atoms with Crippen LogP contribution in [0.15, 0.2) is 54.6 Å². The Kier molecular flexibility index (Phi) is 6.11. The topological polar surface area (TPSA) is 122 Å². The summed E-state index contributed by atoms with van der Waals surface area (Å²) in [5.74, 6) is -2.14. The number of primary amides is 1. The quantitative estimate of drug-likeness (QED) is 0.614. The molecule has 0 radical (unpaired) electrons. The summed E-state index contributed by atoms with van der Waals surface area (Å²) in [5.41, 5.74) is 6.61. The molecule has 0 saturated heterocycles. The lowest BCUT2D eigenvalue weighted by Crippen LogP contribution is -2.34. The smallest absolute Gasteiger partial charge is 0.316 e. The van der Waals surface area contributed by atoms with Gasteiger partial charge in [-0.2, -0.15) is 0 Å². The lowest BCUT2D eigenvalue weighted by Gasteiger charge is -2.14. The minimum atomic E-state index is -0.978. The second-order valence-electron chi connectivity index (χ2n) is 5.50. The van der Waals surface area contributed by atoms with Crippen molar-refractivity contribution in [1.82, 2.24) is 5.32 Å². The van der Waals surface area contributed by atoms with E-state index in [-0.39, 0.29) is 6.54 Å². The van der Waals surface area contributed by atoms with Gasteiger partial charge in [0.05, 0.1) is 5.92 Å². The fourth-order valence-electron chi connectivity index (χ4n) is 2.34. The lowest BCUT2D eigenvalue weighted by molar-refractivity contribution is -0.141. The summed E-state index contributed by atoms with van der Waals surface area (Å²) < 4.78 is 0. The first-order valence-electron chi connectivity index (χ1n) is 7.67. The molecule has 2 aromatic carbocycles. The van der Waals surface area contributed by atoms with Crippen molar-refractivity contribution < 1.29 is 19.5 Å². The highest BCUT2D eigenvalue weighted by Gasteiger charge is 2.19. The summed E-state index contributed by atoms with van der Waals surface area (Å²) in [5, 5.41) is 14.3. The van der Waals surface area contributed by atoms with Gasteiger partial charge in [0.2, 0.25) is 0 Å². The van der Waals surface area contributed by atoms with E-state index in [0.29, 0.717) is 17.7 Å². The standard InChI is InChI=1S/C18H19N3O4/c19-18(25)21-15-8-4-7-13(10-15)16(22)20-11-14(17(23)24)9-12-5-2-1-3-6-12/h1-8,10,14H,9,11H2,(H,20,22)(H,23,24)(H3,19,21,25). The maximum Gasteiger partial charge on any atom is 0.316 e. The van der Waals surface area contributed by atoms with Gasteiger partial charge in [0.25, 0.3) is 5.91 Å². The molecule has 0 aliphatic rings. The van der Waals surface area contributed by atoms with Crippen molar-refractivity contribution >= 4 is 23.6 Å². The second-order valence-corrected chi connectivity index (χ2v) is 5.50. The number of hydrogen-bond acceptors (Lipinski definition) is 3. The Morgan fingerprint density at radius 3 is 2.40 bits per heavy atom. The Balaban J connectivity index is 1.99. The molecule has 0 aliphatic carbocycles. The number of carbonyl (C=O) groups is 3. The highest BCUT2D eigenvalue weighted by Crippen LogP contribution is 2.12. The summed E-state index contributed by atoms with van der Waals surface area (Å²) in [4.78, 5) is 34.5. The number of benzene rings is 2. The molecule has 7 nitrogen and oxygen atoms in total. The summed E-state index contributed by atoms with van der Waals surface area (Å²) >= 11 is 0. The number of rotatable bonds is 7. The number of aliphatic carboxylic acids is 1. The first-order chi connectivity index (χ1) is 12.0. The second kappa shape index (κ2) is 8.49. The van der Waals surface area contributed by atoms with Crippen LogP contribution >= 0.6 is 0 Å². The van der Waals surface area contributed by atoms with Gasteiger partial charge in [0.15, 0.2) is 0 Å². The summed E-state index contributed by atoms with van der Waals surface area (Å²) in [6.45, 7) is -0.00344. The normalized spacial score (nSPS) is 11.4. The third-order valence-electron chi connectivity index (χ3n) is 3.58. The lowest BCUT2D eigenvalue weighted by atomic mass is 9.99. The largest absolute Gasteiger partial charge is 0.481 e. The van der Waals surface area contributed by atoms with Crippen molar-refractivity contribution in [2.75, 3.05) is 11.9 Å². The molecule has 0 aliphatic heterocycles. The van der Waals surface area contributed by atoms with Gasteiger partial charge in [-0.05, 0) is 30.2 Å². The van der Waals surface area contributed by atoms with Crippen molar-refractivity contribution in [3.63, 3.8) is 0 Å². The van der Waals surface area contributed by atoms with Gasteiger partial charge in [-0.1, -0.05) is 36.4 Å². The summed E-state index contributed by atoms with van der Waals surface area (Å²) in [7, 11) is 0. The van der Waals surface area contributed by atoms with E-state index < -0.39 is 23.8 Å². The number of carboxylic acids is 1. The van der Waals surface area contributed by atoms with Crippen LogP contribution in [0.3, 0.4) is 0 Å². The number of urea groups is 1. The van der Waals surface area contributed by atoms with Crippen molar-refractivity contribution in [3.8, 4) is 0 Å². The number of hydrogen-bond donors (Lipinski definition) is 4. The minimum Gasteiger partial charge on any atom is -0.481 e. The third-order valence-corrected chi connectivity index (χ3v) is 3.58. The average molecular weight is 341 g/mol. The Hall–Kier alpha value is -3.35. The average Bonchev–Trinajstić information content (AvgIpc) is 2.58. The highest BCUT2D eigenvalue weighted by atomic mass is 16.4. The zero-order chi connectivity index (χ0) is 18.2. The van der Waals surface area contributed by atoms with Crippen LogP contribution in [0.5, 0.6) is 0 Å². The van der Waals surface area contributed by atoms with Gasteiger partial charge >= 0.3 is 12.0 Å². The molecule has 0 aromatic heterocycles. The zero-order valence-corrected chi connectivity index (χ0v) is 13.4. The number of nitrogens with one attached hydrogen (secondary N) is 2. The van der Waals surface area contributed by atoms with Crippen LogP contribution in [-0.4, -0.2) is 29.6 Å². The molecule has 5 N–H and O–H groups in total. The Morgan fingerprint density at radius 2 is 1.76 bits per heavy atom. The first kappa shape index (κ1) is 18.0. The molecule has 0 saturated carbocycles. The van der Waals surface area contributed by atoms with E-state index in [1.807, 2.05) is 30.3 Å². The van der Waals surface area contributed by atoms with E-state index >= 15 is 0 Å². The SMILES string of the molecule is NC(=O)Nc1cccc(C(=O)NCC(Cc2ccccc2)C(=O)O)c1. The monoisotopic (exact) mass is 341 g/mol. The van der Waals surface area contributed by atoms with Crippen LogP contribution in [0.4, 0.5) is 10.5 Å². The van der Waals surface area contributed by atoms with E-state index in [2.05, 4.69) is 10.6 Å². The van der Waals surface area contributed by atoms with Crippen LogP contribution in [0, 0.1) is 5.92 Å². The minimum absolute atomic E-state index is 0.00344. The Morgan fingerprint density at radius 1 is 1.04 bits per heavy atom. The molecule has 3 amide bonds. The number of nitrogens with two attached hydrogens (primary N) is 1. The molecule has 1 atom stereocenters. The molecular weight excluding hydrogens is 322 g/mol. The van der Waals surface area contributed by atoms with Gasteiger partial charge in [0.1, 0.15) is 0 Å². The van der Waals surface area contributed by atoms with E-state index in [9.17, 15) is 19.5 Å². The fourth-order valence-corrected chi connectivity index (χ4v) is 2.34.